The number of nitrogens with one attached hydrogen (secondary N) is 2. The van der Waals surface area contributed by atoms with Gasteiger partial charge in [0.25, 0.3) is 0 Å². The highest BCUT2D eigenvalue weighted by atomic mass is 16.5. The summed E-state index contributed by atoms with van der Waals surface area (Å²) in [6, 6.07) is 11.0. The van der Waals surface area contributed by atoms with E-state index in [0.717, 1.165) is 25.7 Å². The van der Waals surface area contributed by atoms with Crippen LogP contribution in [0.2, 0.25) is 0 Å². The summed E-state index contributed by atoms with van der Waals surface area (Å²) in [5.41, 5.74) is 2.91. The van der Waals surface area contributed by atoms with Crippen LogP contribution >= 0.6 is 0 Å². The molecular formula is C22H29N5O. The standard InChI is InChI=1S/C22H29N5O/c1-23-21(26-19-18-8-13-28-20(18)22(19)9-4-10-22)24-14-16-6-2-3-7-17(16)15-27-12-5-11-25-27/h2-3,5-7,11-12,18-20H,4,8-10,13-15H2,1H3,(H2,23,24,26). The third kappa shape index (κ3) is 2.91. The van der Waals surface area contributed by atoms with E-state index in [2.05, 4.69) is 45.0 Å². The predicted molar refractivity (Wildman–Crippen MR) is 109 cm³/mol. The lowest BCUT2D eigenvalue weighted by molar-refractivity contribution is -0.171. The van der Waals surface area contributed by atoms with Crippen LogP contribution in [0.25, 0.3) is 0 Å². The predicted octanol–water partition coefficient (Wildman–Crippen LogP) is 2.55. The summed E-state index contributed by atoms with van der Waals surface area (Å²) in [6.45, 7) is 2.45. The van der Waals surface area contributed by atoms with E-state index in [4.69, 9.17) is 4.74 Å². The maximum absolute atomic E-state index is 6.04. The number of rotatable bonds is 5. The average Bonchev–Trinajstić information content (AvgIpc) is 3.33. The number of fused-ring (bicyclic) bond motifs is 2. The zero-order chi connectivity index (χ0) is 19.0. The Balaban J connectivity index is 1.24. The van der Waals surface area contributed by atoms with Gasteiger partial charge in [0.2, 0.25) is 0 Å². The smallest absolute Gasteiger partial charge is 0.191 e. The number of hydrogen-bond acceptors (Lipinski definition) is 3. The Kier molecular flexibility index (Phi) is 4.59. The third-order valence-electron chi connectivity index (χ3n) is 7.01. The van der Waals surface area contributed by atoms with Crippen molar-refractivity contribution in [1.82, 2.24) is 20.4 Å². The van der Waals surface area contributed by atoms with E-state index in [-0.39, 0.29) is 0 Å². The van der Waals surface area contributed by atoms with Crippen molar-refractivity contribution in [2.75, 3.05) is 13.7 Å². The fourth-order valence-electron chi connectivity index (χ4n) is 5.43. The Morgan fingerprint density at radius 1 is 1.29 bits per heavy atom. The van der Waals surface area contributed by atoms with E-state index >= 15 is 0 Å². The molecule has 2 N–H and O–H groups in total. The minimum atomic E-state index is 0.358. The molecule has 3 atom stereocenters. The zero-order valence-electron chi connectivity index (χ0n) is 16.5. The second-order valence-corrected chi connectivity index (χ2v) is 8.35. The molecule has 0 bridgehead atoms. The van der Waals surface area contributed by atoms with Crippen LogP contribution in [0.15, 0.2) is 47.7 Å². The van der Waals surface area contributed by atoms with E-state index in [0.29, 0.717) is 23.5 Å². The molecule has 148 valence electrons. The highest BCUT2D eigenvalue weighted by molar-refractivity contribution is 5.80. The van der Waals surface area contributed by atoms with Gasteiger partial charge >= 0.3 is 0 Å². The first-order valence-corrected chi connectivity index (χ1v) is 10.4. The molecule has 1 aromatic carbocycles. The summed E-state index contributed by atoms with van der Waals surface area (Å²) in [7, 11) is 1.86. The Morgan fingerprint density at radius 3 is 2.86 bits per heavy atom. The molecule has 3 aliphatic rings. The van der Waals surface area contributed by atoms with E-state index in [1.165, 1.54) is 36.8 Å². The summed E-state index contributed by atoms with van der Waals surface area (Å²) >= 11 is 0. The lowest BCUT2D eigenvalue weighted by atomic mass is 9.46. The third-order valence-corrected chi connectivity index (χ3v) is 7.01. The van der Waals surface area contributed by atoms with Gasteiger partial charge in [-0.3, -0.25) is 9.67 Å². The van der Waals surface area contributed by atoms with Crippen molar-refractivity contribution in [2.24, 2.45) is 16.3 Å². The van der Waals surface area contributed by atoms with Gasteiger partial charge < -0.3 is 15.4 Å². The maximum atomic E-state index is 6.04. The molecule has 0 radical (unpaired) electrons. The first kappa shape index (κ1) is 17.7. The summed E-state index contributed by atoms with van der Waals surface area (Å²) in [4.78, 5) is 4.50. The lowest BCUT2D eigenvalue weighted by Gasteiger charge is -2.63. The molecule has 6 heteroatoms. The summed E-state index contributed by atoms with van der Waals surface area (Å²) in [5.74, 6) is 1.54. The van der Waals surface area contributed by atoms with Crippen molar-refractivity contribution in [3.05, 3.63) is 53.9 Å². The number of guanidine groups is 1. The van der Waals surface area contributed by atoms with Crippen molar-refractivity contribution in [1.29, 1.82) is 0 Å². The highest BCUT2D eigenvalue weighted by Gasteiger charge is 2.66. The minimum Gasteiger partial charge on any atom is -0.377 e. The number of aliphatic imine (C=N–C) groups is 1. The molecule has 6 nitrogen and oxygen atoms in total. The molecule has 1 spiro atoms. The number of benzene rings is 1. The fourth-order valence-corrected chi connectivity index (χ4v) is 5.43. The number of hydrogen-bond donors (Lipinski definition) is 2. The van der Waals surface area contributed by atoms with Gasteiger partial charge in [-0.25, -0.2) is 0 Å². The van der Waals surface area contributed by atoms with Crippen LogP contribution < -0.4 is 10.6 Å². The van der Waals surface area contributed by atoms with Crippen molar-refractivity contribution < 1.29 is 4.74 Å². The Labute approximate surface area is 166 Å². The SMILES string of the molecule is CN=C(NCc1ccccc1Cn1cccn1)NC1C2CCOC2C12CCC2. The number of aromatic nitrogens is 2. The molecule has 1 aromatic heterocycles. The van der Waals surface area contributed by atoms with Gasteiger partial charge in [0, 0.05) is 50.0 Å². The number of nitrogens with zero attached hydrogens (tertiary/aromatic N) is 3. The molecule has 3 unspecified atom stereocenters. The molecule has 1 saturated heterocycles. The van der Waals surface area contributed by atoms with Crippen molar-refractivity contribution in [3.63, 3.8) is 0 Å². The Bertz CT molecular complexity index is 842. The molecule has 3 fully saturated rings. The second kappa shape index (κ2) is 7.24. The van der Waals surface area contributed by atoms with Crippen molar-refractivity contribution in [3.8, 4) is 0 Å². The highest BCUT2D eigenvalue weighted by Crippen LogP contribution is 2.62. The molecule has 2 aliphatic carbocycles. The quantitative estimate of drug-likeness (QED) is 0.619. The summed E-state index contributed by atoms with van der Waals surface area (Å²) in [5, 5.41) is 11.6. The van der Waals surface area contributed by atoms with Crippen molar-refractivity contribution in [2.45, 2.75) is 50.9 Å². The van der Waals surface area contributed by atoms with Gasteiger partial charge in [0.1, 0.15) is 0 Å². The molecule has 2 saturated carbocycles. The Hall–Kier alpha value is -2.34. The molecular weight excluding hydrogens is 350 g/mol. The van der Waals surface area contributed by atoms with Gasteiger partial charge in [-0.15, -0.1) is 0 Å². The maximum Gasteiger partial charge on any atom is 0.191 e. The van der Waals surface area contributed by atoms with Crippen molar-refractivity contribution >= 4 is 5.96 Å². The van der Waals surface area contributed by atoms with E-state index in [1.54, 1.807) is 0 Å². The van der Waals surface area contributed by atoms with E-state index in [1.807, 2.05) is 30.2 Å². The molecule has 1 aliphatic heterocycles. The molecule has 5 rings (SSSR count). The van der Waals surface area contributed by atoms with Crippen LogP contribution in [-0.4, -0.2) is 41.5 Å². The Morgan fingerprint density at radius 2 is 2.14 bits per heavy atom. The monoisotopic (exact) mass is 379 g/mol. The summed E-state index contributed by atoms with van der Waals surface area (Å²) in [6.07, 6.45) is 9.38. The van der Waals surface area contributed by atoms with Gasteiger partial charge in [-0.1, -0.05) is 30.7 Å². The van der Waals surface area contributed by atoms with Gasteiger partial charge in [0.05, 0.1) is 12.6 Å². The first-order chi connectivity index (χ1) is 13.8. The normalized spacial score (nSPS) is 27.8. The van der Waals surface area contributed by atoms with Gasteiger partial charge in [-0.2, -0.15) is 5.10 Å². The van der Waals surface area contributed by atoms with Crippen LogP contribution in [-0.2, 0) is 17.8 Å². The van der Waals surface area contributed by atoms with Crippen LogP contribution in [0, 0.1) is 11.3 Å². The average molecular weight is 380 g/mol. The first-order valence-electron chi connectivity index (χ1n) is 10.4. The molecule has 2 aromatic rings. The van der Waals surface area contributed by atoms with E-state index in [9.17, 15) is 0 Å². The zero-order valence-corrected chi connectivity index (χ0v) is 16.5. The van der Waals surface area contributed by atoms with Crippen LogP contribution in [0.3, 0.4) is 0 Å². The second-order valence-electron chi connectivity index (χ2n) is 8.35. The van der Waals surface area contributed by atoms with Gasteiger partial charge in [0.15, 0.2) is 5.96 Å². The minimum absolute atomic E-state index is 0.358. The van der Waals surface area contributed by atoms with Crippen LogP contribution in [0.5, 0.6) is 0 Å². The van der Waals surface area contributed by atoms with E-state index < -0.39 is 0 Å². The van der Waals surface area contributed by atoms with Crippen LogP contribution in [0.4, 0.5) is 0 Å². The lowest BCUT2D eigenvalue weighted by Crippen LogP contribution is -2.72. The molecule has 28 heavy (non-hydrogen) atoms. The van der Waals surface area contributed by atoms with Gasteiger partial charge in [-0.05, 0) is 36.5 Å². The molecule has 2 heterocycles. The summed E-state index contributed by atoms with van der Waals surface area (Å²) < 4.78 is 8.00. The largest absolute Gasteiger partial charge is 0.377 e. The number of ether oxygens (including phenoxy) is 1. The molecule has 0 amide bonds. The fraction of sp³-hybridized carbons (Fsp3) is 0.545. The topological polar surface area (TPSA) is 63.5 Å². The van der Waals surface area contributed by atoms with Crippen LogP contribution in [0.1, 0.15) is 36.8 Å².